The Morgan fingerprint density at radius 1 is 1.40 bits per heavy atom. The van der Waals surface area contributed by atoms with Gasteiger partial charge in [0.1, 0.15) is 0 Å². The molecule has 0 aliphatic carbocycles. The molecule has 0 bridgehead atoms. The molecule has 2 N–H and O–H groups in total. The van der Waals surface area contributed by atoms with Gasteiger partial charge in [-0.1, -0.05) is 0 Å². The second-order valence-electron chi connectivity index (χ2n) is 3.36. The number of phenolic OH excluding ortho intramolecular Hbond substituents is 1. The lowest BCUT2D eigenvalue weighted by Gasteiger charge is -2.08. The fraction of sp³-hybridized carbons (Fsp3) is 0.182. The molecule has 1 aromatic heterocycles. The third-order valence-electron chi connectivity index (χ3n) is 2.36. The van der Waals surface area contributed by atoms with E-state index in [1.54, 1.807) is 12.1 Å². The second kappa shape index (κ2) is 3.31. The summed E-state index contributed by atoms with van der Waals surface area (Å²) in [7, 11) is 1.45. The van der Waals surface area contributed by atoms with E-state index in [1.165, 1.54) is 13.2 Å². The minimum atomic E-state index is -0.205. The lowest BCUT2D eigenvalue weighted by Crippen LogP contribution is -2.05. The number of ether oxygens (including phenoxy) is 1. The van der Waals surface area contributed by atoms with Crippen LogP contribution in [0.4, 0.5) is 0 Å². The van der Waals surface area contributed by atoms with E-state index in [1.807, 2.05) is 6.92 Å². The Hall–Kier alpha value is -1.97. The molecule has 1 aromatic carbocycles. The van der Waals surface area contributed by atoms with Gasteiger partial charge < -0.3 is 14.8 Å². The van der Waals surface area contributed by atoms with Crippen molar-refractivity contribution in [2.24, 2.45) is 0 Å². The minimum absolute atomic E-state index is 0.0197. The maximum atomic E-state index is 11.3. The zero-order chi connectivity index (χ0) is 11.0. The second-order valence-corrected chi connectivity index (χ2v) is 3.36. The molecule has 0 atom stereocenters. The van der Waals surface area contributed by atoms with Crippen molar-refractivity contribution < 1.29 is 9.84 Å². The van der Waals surface area contributed by atoms with Crippen molar-refractivity contribution >= 4 is 10.9 Å². The summed E-state index contributed by atoms with van der Waals surface area (Å²) in [5.41, 5.74) is 1.18. The predicted octanol–water partition coefficient (Wildman–Crippen LogP) is 1.55. The molecule has 1 heterocycles. The van der Waals surface area contributed by atoms with Crippen molar-refractivity contribution in [3.05, 3.63) is 34.1 Å². The topological polar surface area (TPSA) is 62.3 Å². The molecule has 0 saturated heterocycles. The Morgan fingerprint density at radius 2 is 2.13 bits per heavy atom. The van der Waals surface area contributed by atoms with Gasteiger partial charge in [0.15, 0.2) is 11.5 Å². The van der Waals surface area contributed by atoms with E-state index >= 15 is 0 Å². The Labute approximate surface area is 86.1 Å². The number of fused-ring (bicyclic) bond motifs is 1. The molecule has 0 spiro atoms. The summed E-state index contributed by atoms with van der Waals surface area (Å²) in [5.74, 6) is 0.319. The van der Waals surface area contributed by atoms with E-state index in [0.717, 1.165) is 10.9 Å². The molecule has 2 aromatic rings. The first-order valence-corrected chi connectivity index (χ1v) is 4.53. The number of aromatic hydroxyl groups is 1. The van der Waals surface area contributed by atoms with Crippen molar-refractivity contribution in [1.82, 2.24) is 4.98 Å². The monoisotopic (exact) mass is 205 g/mol. The molecule has 0 fully saturated rings. The van der Waals surface area contributed by atoms with E-state index < -0.39 is 0 Å². The molecule has 0 aliphatic heterocycles. The number of nitrogens with one attached hydrogen (secondary N) is 1. The molecule has 78 valence electrons. The first-order chi connectivity index (χ1) is 7.13. The highest BCUT2D eigenvalue weighted by Gasteiger charge is 2.09. The smallest absolute Gasteiger partial charge is 0.248 e. The van der Waals surface area contributed by atoms with E-state index in [2.05, 4.69) is 4.98 Å². The average Bonchev–Trinajstić information content (AvgIpc) is 2.17. The number of aromatic amines is 1. The summed E-state index contributed by atoms with van der Waals surface area (Å²) < 4.78 is 5.05. The number of benzene rings is 1. The fourth-order valence-corrected chi connectivity index (χ4v) is 1.66. The molecule has 0 unspecified atom stereocenters. The number of aryl methyl sites for hydroxylation is 1. The Kier molecular flexibility index (Phi) is 2.11. The van der Waals surface area contributed by atoms with Crippen LogP contribution in [-0.4, -0.2) is 17.2 Å². The zero-order valence-electron chi connectivity index (χ0n) is 8.50. The highest BCUT2D eigenvalue weighted by Crippen LogP contribution is 2.33. The summed E-state index contributed by atoms with van der Waals surface area (Å²) in [6.45, 7) is 1.84. The molecular weight excluding hydrogens is 194 g/mol. The van der Waals surface area contributed by atoms with Crippen LogP contribution in [0.15, 0.2) is 23.0 Å². The maximum absolute atomic E-state index is 11.3. The number of H-pyrrole nitrogens is 1. The van der Waals surface area contributed by atoms with Crippen LogP contribution in [0.3, 0.4) is 0 Å². The Morgan fingerprint density at radius 3 is 2.80 bits per heavy atom. The first-order valence-electron chi connectivity index (χ1n) is 4.53. The van der Waals surface area contributed by atoms with Crippen molar-refractivity contribution in [1.29, 1.82) is 0 Å². The first kappa shape index (κ1) is 9.58. The summed E-state index contributed by atoms with van der Waals surface area (Å²) in [6.07, 6.45) is 0. The number of hydrogen-bond acceptors (Lipinski definition) is 3. The van der Waals surface area contributed by atoms with Gasteiger partial charge in [-0.15, -0.1) is 0 Å². The molecule has 4 nitrogen and oxygen atoms in total. The van der Waals surface area contributed by atoms with E-state index in [4.69, 9.17) is 4.74 Å². The van der Waals surface area contributed by atoms with Crippen LogP contribution in [0.1, 0.15) is 5.56 Å². The van der Waals surface area contributed by atoms with Crippen molar-refractivity contribution in [3.8, 4) is 11.5 Å². The quantitative estimate of drug-likeness (QED) is 0.742. The van der Waals surface area contributed by atoms with Gasteiger partial charge in [0.05, 0.1) is 12.6 Å². The number of rotatable bonds is 1. The molecule has 2 rings (SSSR count). The number of aromatic nitrogens is 1. The molecule has 0 saturated carbocycles. The van der Waals surface area contributed by atoms with Crippen LogP contribution in [-0.2, 0) is 0 Å². The van der Waals surface area contributed by atoms with Gasteiger partial charge in [-0.25, -0.2) is 0 Å². The molecule has 4 heteroatoms. The number of pyridine rings is 1. The zero-order valence-corrected chi connectivity index (χ0v) is 8.50. The summed E-state index contributed by atoms with van der Waals surface area (Å²) in [4.78, 5) is 13.9. The van der Waals surface area contributed by atoms with Crippen LogP contribution >= 0.6 is 0 Å². The number of hydrogen-bond donors (Lipinski definition) is 2. The molecular formula is C11H11NO3. The van der Waals surface area contributed by atoms with Crippen LogP contribution in [0.5, 0.6) is 11.5 Å². The Bertz CT molecular complexity index is 572. The van der Waals surface area contributed by atoms with Crippen LogP contribution in [0.2, 0.25) is 0 Å². The van der Waals surface area contributed by atoms with Gasteiger partial charge in [0.25, 0.3) is 0 Å². The fourth-order valence-electron chi connectivity index (χ4n) is 1.66. The normalized spacial score (nSPS) is 10.5. The van der Waals surface area contributed by atoms with Crippen molar-refractivity contribution in [2.75, 3.05) is 7.11 Å². The third-order valence-corrected chi connectivity index (χ3v) is 2.36. The van der Waals surface area contributed by atoms with Gasteiger partial charge in [0, 0.05) is 11.5 Å². The Balaban J connectivity index is 2.97. The van der Waals surface area contributed by atoms with Crippen LogP contribution in [0, 0.1) is 6.92 Å². The van der Waals surface area contributed by atoms with E-state index in [0.29, 0.717) is 11.3 Å². The van der Waals surface area contributed by atoms with Crippen molar-refractivity contribution in [3.63, 3.8) is 0 Å². The summed E-state index contributed by atoms with van der Waals surface area (Å²) >= 11 is 0. The van der Waals surface area contributed by atoms with Gasteiger partial charge in [-0.2, -0.15) is 0 Å². The highest BCUT2D eigenvalue weighted by atomic mass is 16.5. The third kappa shape index (κ3) is 1.44. The van der Waals surface area contributed by atoms with Crippen LogP contribution < -0.4 is 10.3 Å². The summed E-state index contributed by atoms with van der Waals surface area (Å²) in [6, 6.07) is 4.81. The molecule has 0 aliphatic rings. The lowest BCUT2D eigenvalue weighted by atomic mass is 10.1. The average molecular weight is 205 g/mol. The standard InChI is InChI=1S/C11H11NO3/c1-6-5-9(14)12-10-7(6)3-4-8(13)11(10)15-2/h3-5,13H,1-2H3,(H,12,14). The molecule has 0 amide bonds. The van der Waals surface area contributed by atoms with Crippen LogP contribution in [0.25, 0.3) is 10.9 Å². The molecule has 15 heavy (non-hydrogen) atoms. The van der Waals surface area contributed by atoms with Gasteiger partial charge in [-0.05, 0) is 24.6 Å². The number of methoxy groups -OCH3 is 1. The number of phenols is 1. The maximum Gasteiger partial charge on any atom is 0.248 e. The van der Waals surface area contributed by atoms with E-state index in [9.17, 15) is 9.90 Å². The minimum Gasteiger partial charge on any atom is -0.504 e. The van der Waals surface area contributed by atoms with Gasteiger partial charge in [-0.3, -0.25) is 4.79 Å². The largest absolute Gasteiger partial charge is 0.504 e. The SMILES string of the molecule is COc1c(O)ccc2c(C)cc(=O)[nH]c12. The van der Waals surface area contributed by atoms with Gasteiger partial charge >= 0.3 is 0 Å². The van der Waals surface area contributed by atoms with Gasteiger partial charge in [0.2, 0.25) is 5.56 Å². The highest BCUT2D eigenvalue weighted by molar-refractivity contribution is 5.89. The van der Waals surface area contributed by atoms with Crippen molar-refractivity contribution in [2.45, 2.75) is 6.92 Å². The lowest BCUT2D eigenvalue weighted by molar-refractivity contribution is 0.377. The summed E-state index contributed by atoms with van der Waals surface area (Å²) in [5, 5.41) is 10.4. The molecule has 0 radical (unpaired) electrons. The van der Waals surface area contributed by atoms with E-state index in [-0.39, 0.29) is 11.3 Å². The predicted molar refractivity (Wildman–Crippen MR) is 57.5 cm³/mol.